The lowest BCUT2D eigenvalue weighted by Crippen LogP contribution is -2.15. The highest BCUT2D eigenvalue weighted by atomic mass is 19.1. The number of Topliss-reactive ketones (excluding diaryl/α,β-unsaturated/α-hetero) is 1. The Hall–Kier alpha value is -1.29. The Morgan fingerprint density at radius 3 is 2.62 bits per heavy atom. The summed E-state index contributed by atoms with van der Waals surface area (Å²) in [6, 6.07) is 3.18. The average molecular weight is 228 g/mol. The number of ether oxygens (including phenoxy) is 1. The van der Waals surface area contributed by atoms with Crippen LogP contribution in [0.1, 0.15) is 19.4 Å². The molecule has 1 aromatic carbocycles. The van der Waals surface area contributed by atoms with Crippen LogP contribution in [0.4, 0.5) is 8.78 Å². The van der Waals surface area contributed by atoms with Gasteiger partial charge in [0.2, 0.25) is 0 Å². The van der Waals surface area contributed by atoms with Crippen molar-refractivity contribution in [1.82, 2.24) is 0 Å². The normalized spacial score (nSPS) is 10.8. The van der Waals surface area contributed by atoms with E-state index in [9.17, 15) is 13.6 Å². The van der Waals surface area contributed by atoms with Crippen molar-refractivity contribution in [2.24, 2.45) is 0 Å². The van der Waals surface area contributed by atoms with Gasteiger partial charge in [0.25, 0.3) is 0 Å². The van der Waals surface area contributed by atoms with E-state index in [-0.39, 0.29) is 30.5 Å². The zero-order chi connectivity index (χ0) is 12.1. The molecule has 0 saturated heterocycles. The number of hydrogen-bond acceptors (Lipinski definition) is 2. The molecule has 0 aliphatic rings. The molecule has 0 radical (unpaired) electrons. The number of benzene rings is 1. The lowest BCUT2D eigenvalue weighted by atomic mass is 10.1. The quantitative estimate of drug-likeness (QED) is 0.774. The fraction of sp³-hybridized carbons (Fsp3) is 0.417. The summed E-state index contributed by atoms with van der Waals surface area (Å²) in [5, 5.41) is 0. The SMILES string of the molecule is CC(C)OCC(=O)Cc1ccc(F)cc1F. The number of rotatable bonds is 5. The molecule has 88 valence electrons. The van der Waals surface area contributed by atoms with Gasteiger partial charge < -0.3 is 4.74 Å². The van der Waals surface area contributed by atoms with Crippen LogP contribution in [0.25, 0.3) is 0 Å². The maximum Gasteiger partial charge on any atom is 0.162 e. The molecule has 4 heteroatoms. The molecule has 0 spiro atoms. The third kappa shape index (κ3) is 4.06. The van der Waals surface area contributed by atoms with Crippen molar-refractivity contribution in [3.8, 4) is 0 Å². The van der Waals surface area contributed by atoms with E-state index in [1.54, 1.807) is 0 Å². The summed E-state index contributed by atoms with van der Waals surface area (Å²) in [6.07, 6.45) is -0.110. The average Bonchev–Trinajstić information content (AvgIpc) is 2.19. The first-order valence-electron chi connectivity index (χ1n) is 5.06. The molecule has 1 rings (SSSR count). The molecular formula is C12H14F2O2. The van der Waals surface area contributed by atoms with E-state index in [2.05, 4.69) is 0 Å². The van der Waals surface area contributed by atoms with Crippen molar-refractivity contribution in [3.05, 3.63) is 35.4 Å². The highest BCUT2D eigenvalue weighted by Crippen LogP contribution is 2.10. The van der Waals surface area contributed by atoms with E-state index < -0.39 is 11.6 Å². The van der Waals surface area contributed by atoms with E-state index in [1.807, 2.05) is 13.8 Å². The van der Waals surface area contributed by atoms with Crippen molar-refractivity contribution in [2.45, 2.75) is 26.4 Å². The largest absolute Gasteiger partial charge is 0.371 e. The minimum atomic E-state index is -0.696. The third-order valence-corrected chi connectivity index (χ3v) is 1.98. The highest BCUT2D eigenvalue weighted by molar-refractivity contribution is 5.82. The van der Waals surface area contributed by atoms with Gasteiger partial charge in [-0.25, -0.2) is 8.78 Å². The van der Waals surface area contributed by atoms with Crippen LogP contribution in [0.2, 0.25) is 0 Å². The van der Waals surface area contributed by atoms with Crippen LogP contribution < -0.4 is 0 Å². The molecule has 0 aliphatic heterocycles. The van der Waals surface area contributed by atoms with E-state index in [0.717, 1.165) is 12.1 Å². The van der Waals surface area contributed by atoms with Gasteiger partial charge in [-0.05, 0) is 25.5 Å². The molecule has 0 bridgehead atoms. The van der Waals surface area contributed by atoms with Gasteiger partial charge in [0.15, 0.2) is 5.78 Å². The number of halogens is 2. The number of hydrogen-bond donors (Lipinski definition) is 0. The highest BCUT2D eigenvalue weighted by Gasteiger charge is 2.09. The van der Waals surface area contributed by atoms with Gasteiger partial charge in [-0.1, -0.05) is 6.07 Å². The summed E-state index contributed by atoms with van der Waals surface area (Å²) in [7, 11) is 0. The first-order chi connectivity index (χ1) is 7.49. The minimum absolute atomic E-state index is 0.0398. The van der Waals surface area contributed by atoms with E-state index >= 15 is 0 Å². The van der Waals surface area contributed by atoms with Crippen molar-refractivity contribution in [2.75, 3.05) is 6.61 Å². The lowest BCUT2D eigenvalue weighted by Gasteiger charge is -2.07. The zero-order valence-electron chi connectivity index (χ0n) is 9.30. The molecule has 0 heterocycles. The summed E-state index contributed by atoms with van der Waals surface area (Å²) < 4.78 is 30.9. The molecular weight excluding hydrogens is 214 g/mol. The van der Waals surface area contributed by atoms with E-state index in [1.165, 1.54) is 6.07 Å². The van der Waals surface area contributed by atoms with Crippen LogP contribution in [-0.2, 0) is 16.0 Å². The number of carbonyl (C=O) groups is 1. The number of ketones is 1. The first kappa shape index (κ1) is 12.8. The molecule has 0 aromatic heterocycles. The predicted molar refractivity (Wildman–Crippen MR) is 56.2 cm³/mol. The Kier molecular flexibility index (Phi) is 4.55. The molecule has 0 aliphatic carbocycles. The van der Waals surface area contributed by atoms with Crippen LogP contribution in [0.5, 0.6) is 0 Å². The molecule has 0 unspecified atom stereocenters. The fourth-order valence-electron chi connectivity index (χ4n) is 1.19. The Balaban J connectivity index is 2.56. The topological polar surface area (TPSA) is 26.3 Å². The Morgan fingerprint density at radius 1 is 1.38 bits per heavy atom. The van der Waals surface area contributed by atoms with Crippen LogP contribution in [0.15, 0.2) is 18.2 Å². The molecule has 0 fully saturated rings. The standard InChI is InChI=1S/C12H14F2O2/c1-8(2)16-7-11(15)5-9-3-4-10(13)6-12(9)14/h3-4,6,8H,5,7H2,1-2H3. The van der Waals surface area contributed by atoms with Gasteiger partial charge in [0.1, 0.15) is 18.2 Å². The monoisotopic (exact) mass is 228 g/mol. The molecule has 0 saturated carbocycles. The maximum atomic E-state index is 13.2. The van der Waals surface area contributed by atoms with Gasteiger partial charge in [-0.3, -0.25) is 4.79 Å². The van der Waals surface area contributed by atoms with Crippen molar-refractivity contribution < 1.29 is 18.3 Å². The van der Waals surface area contributed by atoms with Crippen molar-refractivity contribution in [3.63, 3.8) is 0 Å². The second-order valence-corrected chi connectivity index (χ2v) is 3.81. The van der Waals surface area contributed by atoms with Crippen LogP contribution in [0.3, 0.4) is 0 Å². The Bertz CT molecular complexity index is 375. The second kappa shape index (κ2) is 5.70. The second-order valence-electron chi connectivity index (χ2n) is 3.81. The summed E-state index contributed by atoms with van der Waals surface area (Å²) in [6.45, 7) is 3.58. The van der Waals surface area contributed by atoms with Gasteiger partial charge in [-0.15, -0.1) is 0 Å². The third-order valence-electron chi connectivity index (χ3n) is 1.98. The number of carbonyl (C=O) groups excluding carboxylic acids is 1. The molecule has 16 heavy (non-hydrogen) atoms. The summed E-state index contributed by atoms with van der Waals surface area (Å²) >= 11 is 0. The molecule has 0 amide bonds. The van der Waals surface area contributed by atoms with Gasteiger partial charge >= 0.3 is 0 Å². The maximum absolute atomic E-state index is 13.2. The van der Waals surface area contributed by atoms with Crippen LogP contribution >= 0.6 is 0 Å². The lowest BCUT2D eigenvalue weighted by molar-refractivity contribution is -0.124. The van der Waals surface area contributed by atoms with E-state index in [4.69, 9.17) is 4.74 Å². The molecule has 2 nitrogen and oxygen atoms in total. The zero-order valence-corrected chi connectivity index (χ0v) is 9.30. The summed E-state index contributed by atoms with van der Waals surface area (Å²) in [5.74, 6) is -1.57. The predicted octanol–water partition coefficient (Wildman–Crippen LogP) is 2.50. The van der Waals surface area contributed by atoms with Crippen LogP contribution in [-0.4, -0.2) is 18.5 Å². The Morgan fingerprint density at radius 2 is 2.06 bits per heavy atom. The molecule has 0 N–H and O–H groups in total. The Labute approximate surface area is 93.2 Å². The van der Waals surface area contributed by atoms with Gasteiger partial charge in [-0.2, -0.15) is 0 Å². The molecule has 1 aromatic rings. The van der Waals surface area contributed by atoms with Crippen molar-refractivity contribution >= 4 is 5.78 Å². The van der Waals surface area contributed by atoms with Gasteiger partial charge in [0.05, 0.1) is 6.10 Å². The summed E-state index contributed by atoms with van der Waals surface area (Å²) in [4.78, 5) is 11.4. The molecule has 0 atom stereocenters. The minimum Gasteiger partial charge on any atom is -0.371 e. The smallest absolute Gasteiger partial charge is 0.162 e. The summed E-state index contributed by atoms with van der Waals surface area (Å²) in [5.41, 5.74) is 0.193. The van der Waals surface area contributed by atoms with Crippen molar-refractivity contribution in [1.29, 1.82) is 0 Å². The first-order valence-corrected chi connectivity index (χ1v) is 5.06. The van der Waals surface area contributed by atoms with Crippen LogP contribution in [0, 0.1) is 11.6 Å². The van der Waals surface area contributed by atoms with E-state index in [0.29, 0.717) is 0 Å². The fourth-order valence-corrected chi connectivity index (χ4v) is 1.19. The van der Waals surface area contributed by atoms with Gasteiger partial charge in [0, 0.05) is 12.5 Å².